The zero-order valence-corrected chi connectivity index (χ0v) is 12.4. The molecular formula is C14H20N4S. The van der Waals surface area contributed by atoms with Crippen LogP contribution in [0, 0.1) is 6.92 Å². The Kier molecular flexibility index (Phi) is 4.27. The van der Waals surface area contributed by atoms with Gasteiger partial charge in [-0.05, 0) is 32.9 Å². The predicted molar refractivity (Wildman–Crippen MR) is 79.1 cm³/mol. The van der Waals surface area contributed by atoms with Gasteiger partial charge in [0.15, 0.2) is 0 Å². The number of hydrogen-bond donors (Lipinski definition) is 1. The van der Waals surface area contributed by atoms with E-state index in [0.29, 0.717) is 0 Å². The van der Waals surface area contributed by atoms with Crippen molar-refractivity contribution in [2.45, 2.75) is 37.8 Å². The highest BCUT2D eigenvalue weighted by Gasteiger charge is 2.17. The maximum absolute atomic E-state index is 5.98. The van der Waals surface area contributed by atoms with E-state index >= 15 is 0 Å². The molecule has 1 aromatic carbocycles. The molecule has 1 heterocycles. The van der Waals surface area contributed by atoms with Crippen molar-refractivity contribution in [2.75, 3.05) is 5.75 Å². The van der Waals surface area contributed by atoms with Crippen molar-refractivity contribution >= 4 is 11.8 Å². The van der Waals surface area contributed by atoms with Gasteiger partial charge in [-0.3, -0.25) is 4.68 Å². The Morgan fingerprint density at radius 3 is 2.53 bits per heavy atom. The SMILES string of the molecule is Cc1ccc(SCCn2cc(C(C)(C)N)nn2)cc1. The zero-order chi connectivity index (χ0) is 13.9. The highest BCUT2D eigenvalue weighted by Crippen LogP contribution is 2.19. The van der Waals surface area contributed by atoms with E-state index in [2.05, 4.69) is 41.5 Å². The number of hydrogen-bond acceptors (Lipinski definition) is 4. The third-order valence-electron chi connectivity index (χ3n) is 2.81. The number of aryl methyl sites for hydroxylation is 2. The molecule has 4 nitrogen and oxygen atoms in total. The van der Waals surface area contributed by atoms with Crippen LogP contribution >= 0.6 is 11.8 Å². The lowest BCUT2D eigenvalue weighted by molar-refractivity contribution is 0.533. The van der Waals surface area contributed by atoms with E-state index < -0.39 is 5.54 Å². The second-order valence-corrected chi connectivity index (χ2v) is 6.42. The minimum absolute atomic E-state index is 0.428. The Hall–Kier alpha value is -1.33. The van der Waals surface area contributed by atoms with Gasteiger partial charge in [0, 0.05) is 10.6 Å². The van der Waals surface area contributed by atoms with Crippen LogP contribution in [-0.4, -0.2) is 20.7 Å². The van der Waals surface area contributed by atoms with Gasteiger partial charge < -0.3 is 5.73 Å². The van der Waals surface area contributed by atoms with E-state index in [1.807, 2.05) is 36.5 Å². The van der Waals surface area contributed by atoms with Crippen molar-refractivity contribution in [3.63, 3.8) is 0 Å². The van der Waals surface area contributed by atoms with Gasteiger partial charge in [0.2, 0.25) is 0 Å². The second-order valence-electron chi connectivity index (χ2n) is 5.25. The molecule has 0 unspecified atom stereocenters. The standard InChI is InChI=1S/C14H20N4S/c1-11-4-6-12(7-5-11)19-9-8-18-10-13(16-17-18)14(2,3)15/h4-7,10H,8-9,15H2,1-3H3. The summed E-state index contributed by atoms with van der Waals surface area (Å²) < 4.78 is 1.85. The Balaban J connectivity index is 1.86. The number of rotatable bonds is 5. The molecule has 0 fully saturated rings. The fourth-order valence-corrected chi connectivity index (χ4v) is 2.44. The lowest BCUT2D eigenvalue weighted by atomic mass is 10.0. The number of aromatic nitrogens is 3. The van der Waals surface area contributed by atoms with Gasteiger partial charge in [-0.15, -0.1) is 16.9 Å². The maximum atomic E-state index is 5.98. The van der Waals surface area contributed by atoms with Crippen LogP contribution in [0.25, 0.3) is 0 Å². The Morgan fingerprint density at radius 1 is 1.26 bits per heavy atom. The molecule has 0 spiro atoms. The van der Waals surface area contributed by atoms with Crippen LogP contribution in [0.15, 0.2) is 35.4 Å². The summed E-state index contributed by atoms with van der Waals surface area (Å²) in [5, 5.41) is 8.20. The molecule has 0 radical (unpaired) electrons. The number of thioether (sulfide) groups is 1. The number of nitrogens with zero attached hydrogens (tertiary/aromatic N) is 3. The van der Waals surface area contributed by atoms with Crippen molar-refractivity contribution in [2.24, 2.45) is 5.73 Å². The summed E-state index contributed by atoms with van der Waals surface area (Å²) in [6, 6.07) is 8.56. The van der Waals surface area contributed by atoms with Crippen molar-refractivity contribution < 1.29 is 0 Å². The Bertz CT molecular complexity index is 525. The molecule has 5 heteroatoms. The molecule has 102 valence electrons. The van der Waals surface area contributed by atoms with Gasteiger partial charge in [-0.25, -0.2) is 0 Å². The van der Waals surface area contributed by atoms with E-state index in [1.54, 1.807) is 0 Å². The molecule has 0 bridgehead atoms. The fourth-order valence-electron chi connectivity index (χ4n) is 1.59. The lowest BCUT2D eigenvalue weighted by Crippen LogP contribution is -2.29. The van der Waals surface area contributed by atoms with Crippen molar-refractivity contribution in [3.05, 3.63) is 41.7 Å². The maximum Gasteiger partial charge on any atom is 0.102 e. The summed E-state index contributed by atoms with van der Waals surface area (Å²) in [5.41, 5.74) is 7.67. The first-order chi connectivity index (χ1) is 8.95. The predicted octanol–water partition coefficient (Wildman–Crippen LogP) is 2.57. The first-order valence-corrected chi connectivity index (χ1v) is 7.33. The van der Waals surface area contributed by atoms with Crippen molar-refractivity contribution in [3.8, 4) is 0 Å². The third-order valence-corrected chi connectivity index (χ3v) is 3.80. The average molecular weight is 276 g/mol. The molecule has 0 saturated carbocycles. The lowest BCUT2D eigenvalue weighted by Gasteiger charge is -2.13. The van der Waals surface area contributed by atoms with E-state index in [9.17, 15) is 0 Å². The summed E-state index contributed by atoms with van der Waals surface area (Å²) in [5.74, 6) is 0.969. The largest absolute Gasteiger partial charge is 0.320 e. The first-order valence-electron chi connectivity index (χ1n) is 6.34. The summed E-state index contributed by atoms with van der Waals surface area (Å²) in [7, 11) is 0. The molecular weight excluding hydrogens is 256 g/mol. The molecule has 0 aliphatic carbocycles. The average Bonchev–Trinajstić information content (AvgIpc) is 2.80. The molecule has 0 atom stereocenters. The molecule has 1 aromatic heterocycles. The topological polar surface area (TPSA) is 56.7 Å². The van der Waals surface area contributed by atoms with Crippen LogP contribution < -0.4 is 5.73 Å². The van der Waals surface area contributed by atoms with Gasteiger partial charge >= 0.3 is 0 Å². The molecule has 19 heavy (non-hydrogen) atoms. The quantitative estimate of drug-likeness (QED) is 0.853. The molecule has 0 amide bonds. The van der Waals surface area contributed by atoms with Gasteiger partial charge in [-0.2, -0.15) is 0 Å². The smallest absolute Gasteiger partial charge is 0.102 e. The monoisotopic (exact) mass is 276 g/mol. The Labute approximate surface area is 118 Å². The van der Waals surface area contributed by atoms with E-state index in [1.165, 1.54) is 10.5 Å². The fraction of sp³-hybridized carbons (Fsp3) is 0.429. The number of benzene rings is 1. The van der Waals surface area contributed by atoms with Crippen LogP contribution in [-0.2, 0) is 12.1 Å². The zero-order valence-electron chi connectivity index (χ0n) is 11.6. The van der Waals surface area contributed by atoms with E-state index in [-0.39, 0.29) is 0 Å². The van der Waals surface area contributed by atoms with Crippen LogP contribution in [0.5, 0.6) is 0 Å². The molecule has 2 N–H and O–H groups in total. The summed E-state index contributed by atoms with van der Waals surface area (Å²) in [6.45, 7) is 6.80. The van der Waals surface area contributed by atoms with Crippen molar-refractivity contribution in [1.29, 1.82) is 0 Å². The highest BCUT2D eigenvalue weighted by molar-refractivity contribution is 7.99. The van der Waals surface area contributed by atoms with Crippen LogP contribution in [0.2, 0.25) is 0 Å². The van der Waals surface area contributed by atoms with Crippen LogP contribution in [0.3, 0.4) is 0 Å². The Morgan fingerprint density at radius 2 is 1.95 bits per heavy atom. The normalized spacial score (nSPS) is 11.8. The minimum atomic E-state index is -0.428. The van der Waals surface area contributed by atoms with Gasteiger partial charge in [0.25, 0.3) is 0 Å². The van der Waals surface area contributed by atoms with Gasteiger partial charge in [-0.1, -0.05) is 22.9 Å². The van der Waals surface area contributed by atoms with Gasteiger partial charge in [0.1, 0.15) is 5.69 Å². The van der Waals surface area contributed by atoms with Crippen LogP contribution in [0.1, 0.15) is 25.1 Å². The molecule has 2 rings (SSSR count). The van der Waals surface area contributed by atoms with Crippen LogP contribution in [0.4, 0.5) is 0 Å². The van der Waals surface area contributed by atoms with E-state index in [4.69, 9.17) is 5.73 Å². The third kappa shape index (κ3) is 4.08. The number of nitrogens with two attached hydrogens (primary N) is 1. The van der Waals surface area contributed by atoms with Crippen molar-refractivity contribution in [1.82, 2.24) is 15.0 Å². The molecule has 2 aromatic rings. The molecule has 0 aliphatic rings. The second kappa shape index (κ2) is 5.75. The summed E-state index contributed by atoms with van der Waals surface area (Å²) in [6.07, 6.45) is 1.93. The summed E-state index contributed by atoms with van der Waals surface area (Å²) >= 11 is 1.82. The van der Waals surface area contributed by atoms with E-state index in [0.717, 1.165) is 18.0 Å². The highest BCUT2D eigenvalue weighted by atomic mass is 32.2. The first kappa shape index (κ1) is 14.1. The molecule has 0 saturated heterocycles. The molecule has 0 aliphatic heterocycles. The minimum Gasteiger partial charge on any atom is -0.320 e. The summed E-state index contributed by atoms with van der Waals surface area (Å²) in [4.78, 5) is 1.28. The van der Waals surface area contributed by atoms with Gasteiger partial charge in [0.05, 0.1) is 18.3 Å².